The zero-order chi connectivity index (χ0) is 12.3. The maximum Gasteiger partial charge on any atom is 0.232 e. The summed E-state index contributed by atoms with van der Waals surface area (Å²) >= 11 is 4.10. The predicted octanol–water partition coefficient (Wildman–Crippen LogP) is 1.43. The molecule has 1 heterocycles. The van der Waals surface area contributed by atoms with Crippen LogP contribution in [0.25, 0.3) is 0 Å². The van der Waals surface area contributed by atoms with Gasteiger partial charge in [0.05, 0.1) is 11.8 Å². The molecule has 4 heteroatoms. The molecule has 1 aliphatic heterocycles. The smallest absolute Gasteiger partial charge is 0.232 e. The molecule has 1 unspecified atom stereocenters. The van der Waals surface area contributed by atoms with Gasteiger partial charge in [-0.15, -0.1) is 0 Å². The Hall–Kier alpha value is -1.00. The molecule has 3 nitrogen and oxygen atoms in total. The van der Waals surface area contributed by atoms with Gasteiger partial charge in [0, 0.05) is 19.6 Å². The van der Waals surface area contributed by atoms with Crippen molar-refractivity contribution in [3.05, 3.63) is 35.9 Å². The van der Waals surface area contributed by atoms with Crippen molar-refractivity contribution in [3.63, 3.8) is 0 Å². The van der Waals surface area contributed by atoms with E-state index >= 15 is 0 Å². The molecule has 17 heavy (non-hydrogen) atoms. The molecule has 0 bridgehead atoms. The second kappa shape index (κ2) is 5.56. The Kier molecular flexibility index (Phi) is 4.07. The first-order valence-electron chi connectivity index (χ1n) is 5.86. The minimum Gasteiger partial charge on any atom is -0.332 e. The lowest BCUT2D eigenvalue weighted by molar-refractivity contribution is -0.133. The van der Waals surface area contributed by atoms with Crippen LogP contribution in [0.15, 0.2) is 30.3 Å². The van der Waals surface area contributed by atoms with Crippen LogP contribution >= 0.6 is 12.6 Å². The van der Waals surface area contributed by atoms with E-state index in [2.05, 4.69) is 36.7 Å². The highest BCUT2D eigenvalue weighted by atomic mass is 32.1. The SMILES string of the molecule is CN1CCN(C(=O)CS)C(c2ccccc2)C1. The fourth-order valence-electron chi connectivity index (χ4n) is 2.27. The molecule has 1 fully saturated rings. The lowest BCUT2D eigenvalue weighted by Gasteiger charge is -2.40. The van der Waals surface area contributed by atoms with Gasteiger partial charge in [-0.25, -0.2) is 0 Å². The molecule has 0 N–H and O–H groups in total. The van der Waals surface area contributed by atoms with Crippen molar-refractivity contribution in [1.29, 1.82) is 0 Å². The quantitative estimate of drug-likeness (QED) is 0.803. The van der Waals surface area contributed by atoms with Gasteiger partial charge in [-0.05, 0) is 12.6 Å². The first-order chi connectivity index (χ1) is 8.22. The number of thiol groups is 1. The van der Waals surface area contributed by atoms with Crippen LogP contribution in [0.3, 0.4) is 0 Å². The van der Waals surface area contributed by atoms with Gasteiger partial charge < -0.3 is 9.80 Å². The van der Waals surface area contributed by atoms with E-state index in [0.717, 1.165) is 19.6 Å². The van der Waals surface area contributed by atoms with E-state index in [0.29, 0.717) is 0 Å². The van der Waals surface area contributed by atoms with Crippen LogP contribution in [0.2, 0.25) is 0 Å². The van der Waals surface area contributed by atoms with Gasteiger partial charge in [0.25, 0.3) is 0 Å². The van der Waals surface area contributed by atoms with E-state index in [1.807, 2.05) is 23.1 Å². The van der Waals surface area contributed by atoms with Crippen LogP contribution in [0.4, 0.5) is 0 Å². The summed E-state index contributed by atoms with van der Waals surface area (Å²) in [6, 6.07) is 10.4. The highest BCUT2D eigenvalue weighted by molar-refractivity contribution is 7.81. The predicted molar refractivity (Wildman–Crippen MR) is 72.2 cm³/mol. The number of likely N-dealkylation sites (N-methyl/N-ethyl adjacent to an activating group) is 1. The Balaban J connectivity index is 2.23. The van der Waals surface area contributed by atoms with Gasteiger partial charge >= 0.3 is 0 Å². The minimum atomic E-state index is 0.121. The average Bonchev–Trinajstić information content (AvgIpc) is 2.39. The summed E-state index contributed by atoms with van der Waals surface area (Å²) in [5.74, 6) is 0.405. The number of hydrogen-bond acceptors (Lipinski definition) is 3. The zero-order valence-electron chi connectivity index (χ0n) is 10.0. The lowest BCUT2D eigenvalue weighted by atomic mass is 10.0. The van der Waals surface area contributed by atoms with Crippen molar-refractivity contribution in [1.82, 2.24) is 9.80 Å². The van der Waals surface area contributed by atoms with Crippen LogP contribution < -0.4 is 0 Å². The molecule has 1 aromatic rings. The second-order valence-corrected chi connectivity index (χ2v) is 4.75. The van der Waals surface area contributed by atoms with Crippen molar-refractivity contribution >= 4 is 18.5 Å². The van der Waals surface area contributed by atoms with E-state index < -0.39 is 0 Å². The lowest BCUT2D eigenvalue weighted by Crippen LogP contribution is -2.49. The maximum atomic E-state index is 11.9. The van der Waals surface area contributed by atoms with Gasteiger partial charge in [0.1, 0.15) is 0 Å². The summed E-state index contributed by atoms with van der Waals surface area (Å²) in [5.41, 5.74) is 1.20. The third-order valence-corrected chi connectivity index (χ3v) is 3.49. The van der Waals surface area contributed by atoms with E-state index in [4.69, 9.17) is 0 Å². The molecule has 0 saturated carbocycles. The Bertz CT molecular complexity index is 382. The van der Waals surface area contributed by atoms with Gasteiger partial charge in [-0.2, -0.15) is 12.6 Å². The Morgan fingerprint density at radius 1 is 1.35 bits per heavy atom. The summed E-state index contributed by atoms with van der Waals surface area (Å²) < 4.78 is 0. The number of carbonyl (C=O) groups excluding carboxylic acids is 1. The van der Waals surface area contributed by atoms with Crippen molar-refractivity contribution < 1.29 is 4.79 Å². The van der Waals surface area contributed by atoms with E-state index in [9.17, 15) is 4.79 Å². The molecule has 1 atom stereocenters. The molecule has 0 radical (unpaired) electrons. The minimum absolute atomic E-state index is 0.121. The largest absolute Gasteiger partial charge is 0.332 e. The highest BCUT2D eigenvalue weighted by Crippen LogP contribution is 2.24. The number of rotatable bonds is 2. The molecule has 1 saturated heterocycles. The molecule has 92 valence electrons. The Morgan fingerprint density at radius 2 is 2.06 bits per heavy atom. The summed E-state index contributed by atoms with van der Waals surface area (Å²) in [5, 5.41) is 0. The molecule has 0 aliphatic carbocycles. The fraction of sp³-hybridized carbons (Fsp3) is 0.462. The first kappa shape index (κ1) is 12.5. The van der Waals surface area contributed by atoms with Crippen molar-refractivity contribution in [2.45, 2.75) is 6.04 Å². The van der Waals surface area contributed by atoms with Crippen LogP contribution in [-0.2, 0) is 4.79 Å². The number of piperazine rings is 1. The third kappa shape index (κ3) is 2.82. The summed E-state index contributed by atoms with van der Waals surface area (Å²) in [4.78, 5) is 16.1. The number of amides is 1. The van der Waals surface area contributed by atoms with Gasteiger partial charge in [-0.1, -0.05) is 30.3 Å². The first-order valence-corrected chi connectivity index (χ1v) is 6.49. The zero-order valence-corrected chi connectivity index (χ0v) is 10.9. The third-order valence-electron chi connectivity index (χ3n) is 3.22. The van der Waals surface area contributed by atoms with Gasteiger partial charge in [0.15, 0.2) is 0 Å². The summed E-state index contributed by atoms with van der Waals surface area (Å²) in [6.45, 7) is 2.61. The topological polar surface area (TPSA) is 23.6 Å². The molecule has 0 aromatic heterocycles. The van der Waals surface area contributed by atoms with Crippen molar-refractivity contribution in [3.8, 4) is 0 Å². The Morgan fingerprint density at radius 3 is 2.71 bits per heavy atom. The van der Waals surface area contributed by atoms with E-state index in [1.165, 1.54) is 5.56 Å². The number of benzene rings is 1. The van der Waals surface area contributed by atoms with Crippen molar-refractivity contribution in [2.24, 2.45) is 0 Å². The van der Waals surface area contributed by atoms with Crippen LogP contribution in [0.5, 0.6) is 0 Å². The molecular formula is C13H18N2OS. The summed E-state index contributed by atoms with van der Waals surface area (Å²) in [7, 11) is 2.10. The number of carbonyl (C=O) groups is 1. The Labute approximate surface area is 108 Å². The van der Waals surface area contributed by atoms with E-state index in [-0.39, 0.29) is 17.7 Å². The van der Waals surface area contributed by atoms with Crippen LogP contribution in [0, 0.1) is 0 Å². The highest BCUT2D eigenvalue weighted by Gasteiger charge is 2.29. The van der Waals surface area contributed by atoms with Crippen LogP contribution in [0.1, 0.15) is 11.6 Å². The van der Waals surface area contributed by atoms with Crippen molar-refractivity contribution in [2.75, 3.05) is 32.4 Å². The molecule has 1 aromatic carbocycles. The monoisotopic (exact) mass is 250 g/mol. The van der Waals surface area contributed by atoms with E-state index in [1.54, 1.807) is 0 Å². The number of nitrogens with zero attached hydrogens (tertiary/aromatic N) is 2. The number of hydrogen-bond donors (Lipinski definition) is 1. The normalized spacial score (nSPS) is 21.5. The maximum absolute atomic E-state index is 11.9. The summed E-state index contributed by atoms with van der Waals surface area (Å²) in [6.07, 6.45) is 0. The van der Waals surface area contributed by atoms with Gasteiger partial charge in [-0.3, -0.25) is 4.79 Å². The molecule has 0 spiro atoms. The van der Waals surface area contributed by atoms with Crippen LogP contribution in [-0.4, -0.2) is 48.1 Å². The average molecular weight is 250 g/mol. The second-order valence-electron chi connectivity index (χ2n) is 4.43. The molecule has 1 amide bonds. The fourth-order valence-corrected chi connectivity index (χ4v) is 2.45. The molecule has 2 rings (SSSR count). The molecular weight excluding hydrogens is 232 g/mol. The molecule has 1 aliphatic rings. The standard InChI is InChI=1S/C13H18N2OS/c1-14-7-8-15(13(16)10-17)12(9-14)11-5-3-2-4-6-11/h2-6,12,17H,7-10H2,1H3. The van der Waals surface area contributed by atoms with Gasteiger partial charge in [0.2, 0.25) is 5.91 Å².